The Morgan fingerprint density at radius 3 is 2.75 bits per heavy atom. The standard InChI is InChI=1S/C25H31NO2/c1-2-3-4-5-8-16-28-18-14-15-23-22(17-18)19-11-9-12-20(19)25(26-23)21-10-6-7-13-24(21)27/h6-7,9-11,13-15,17,19-20,25-27H,2-5,8,12,16H2,1H3. The van der Waals surface area contributed by atoms with Gasteiger partial charge in [0.2, 0.25) is 0 Å². The number of benzene rings is 2. The first kappa shape index (κ1) is 18.9. The lowest BCUT2D eigenvalue weighted by molar-refractivity contribution is 0.303. The van der Waals surface area contributed by atoms with E-state index in [0.29, 0.717) is 17.6 Å². The summed E-state index contributed by atoms with van der Waals surface area (Å²) < 4.78 is 6.04. The molecule has 0 fully saturated rings. The van der Waals surface area contributed by atoms with Gasteiger partial charge in [-0.3, -0.25) is 0 Å². The van der Waals surface area contributed by atoms with E-state index in [2.05, 4.69) is 42.6 Å². The molecule has 1 aliphatic carbocycles. The van der Waals surface area contributed by atoms with E-state index in [-0.39, 0.29) is 6.04 Å². The summed E-state index contributed by atoms with van der Waals surface area (Å²) in [5.74, 6) is 2.13. The highest BCUT2D eigenvalue weighted by molar-refractivity contribution is 5.62. The summed E-state index contributed by atoms with van der Waals surface area (Å²) in [7, 11) is 0. The zero-order valence-electron chi connectivity index (χ0n) is 16.7. The monoisotopic (exact) mass is 377 g/mol. The largest absolute Gasteiger partial charge is 0.508 e. The molecule has 0 bridgehead atoms. The molecule has 0 amide bonds. The van der Waals surface area contributed by atoms with Crippen LogP contribution in [0.1, 0.15) is 68.5 Å². The lowest BCUT2D eigenvalue weighted by Gasteiger charge is -2.37. The Balaban J connectivity index is 1.48. The molecule has 1 aliphatic heterocycles. The molecule has 0 aromatic heterocycles. The first-order valence-corrected chi connectivity index (χ1v) is 10.8. The van der Waals surface area contributed by atoms with Crippen molar-refractivity contribution in [3.8, 4) is 11.5 Å². The third-order valence-corrected chi connectivity index (χ3v) is 6.12. The van der Waals surface area contributed by atoms with Gasteiger partial charge in [0, 0.05) is 17.2 Å². The highest BCUT2D eigenvalue weighted by Crippen LogP contribution is 2.51. The van der Waals surface area contributed by atoms with Crippen LogP contribution in [-0.2, 0) is 0 Å². The molecule has 0 saturated heterocycles. The second-order valence-electron chi connectivity index (χ2n) is 8.05. The highest BCUT2D eigenvalue weighted by atomic mass is 16.5. The Hall–Kier alpha value is -2.42. The van der Waals surface area contributed by atoms with E-state index >= 15 is 0 Å². The molecular weight excluding hydrogens is 346 g/mol. The van der Waals surface area contributed by atoms with Crippen LogP contribution in [0, 0.1) is 5.92 Å². The molecule has 2 aromatic carbocycles. The van der Waals surface area contributed by atoms with Crippen molar-refractivity contribution >= 4 is 5.69 Å². The summed E-state index contributed by atoms with van der Waals surface area (Å²) in [6, 6.07) is 14.2. The molecule has 0 radical (unpaired) electrons. The molecule has 3 atom stereocenters. The number of hydrogen-bond donors (Lipinski definition) is 2. The summed E-state index contributed by atoms with van der Waals surface area (Å²) in [6.45, 7) is 3.03. The number of anilines is 1. The van der Waals surface area contributed by atoms with Crippen LogP contribution >= 0.6 is 0 Å². The summed E-state index contributed by atoms with van der Waals surface area (Å²) in [4.78, 5) is 0. The van der Waals surface area contributed by atoms with Crippen LogP contribution in [-0.4, -0.2) is 11.7 Å². The number of allylic oxidation sites excluding steroid dienone is 2. The minimum absolute atomic E-state index is 0.124. The van der Waals surface area contributed by atoms with Gasteiger partial charge in [-0.05, 0) is 48.6 Å². The molecule has 4 rings (SSSR count). The third kappa shape index (κ3) is 3.89. The predicted octanol–water partition coefficient (Wildman–Crippen LogP) is 6.57. The maximum absolute atomic E-state index is 10.4. The van der Waals surface area contributed by atoms with Crippen molar-refractivity contribution < 1.29 is 9.84 Å². The predicted molar refractivity (Wildman–Crippen MR) is 115 cm³/mol. The van der Waals surface area contributed by atoms with Gasteiger partial charge in [0.1, 0.15) is 11.5 Å². The Kier molecular flexibility index (Phi) is 5.90. The van der Waals surface area contributed by atoms with E-state index in [1.54, 1.807) is 6.07 Å². The fourth-order valence-corrected chi connectivity index (χ4v) is 4.62. The number of ether oxygens (including phenoxy) is 1. The number of nitrogens with one attached hydrogen (secondary N) is 1. The molecule has 2 N–H and O–H groups in total. The quantitative estimate of drug-likeness (QED) is 0.404. The van der Waals surface area contributed by atoms with Gasteiger partial charge >= 0.3 is 0 Å². The van der Waals surface area contributed by atoms with Crippen LogP contribution in [0.4, 0.5) is 5.69 Å². The Morgan fingerprint density at radius 1 is 1.04 bits per heavy atom. The number of phenols is 1. The van der Waals surface area contributed by atoms with Crippen molar-refractivity contribution in [1.82, 2.24) is 0 Å². The van der Waals surface area contributed by atoms with E-state index in [1.807, 2.05) is 18.2 Å². The fourth-order valence-electron chi connectivity index (χ4n) is 4.62. The number of unbranched alkanes of at least 4 members (excludes halogenated alkanes) is 4. The van der Waals surface area contributed by atoms with Gasteiger partial charge in [-0.2, -0.15) is 0 Å². The summed E-state index contributed by atoms with van der Waals surface area (Å²) >= 11 is 0. The Morgan fingerprint density at radius 2 is 1.89 bits per heavy atom. The number of aromatic hydroxyl groups is 1. The van der Waals surface area contributed by atoms with Crippen LogP contribution in [0.2, 0.25) is 0 Å². The average molecular weight is 378 g/mol. The van der Waals surface area contributed by atoms with Gasteiger partial charge in [0.15, 0.2) is 0 Å². The average Bonchev–Trinajstić information content (AvgIpc) is 3.21. The first-order valence-electron chi connectivity index (χ1n) is 10.8. The minimum atomic E-state index is 0.124. The topological polar surface area (TPSA) is 41.5 Å². The molecule has 0 saturated carbocycles. The number of fused-ring (bicyclic) bond motifs is 3. The third-order valence-electron chi connectivity index (χ3n) is 6.12. The van der Waals surface area contributed by atoms with Gasteiger partial charge in [-0.15, -0.1) is 0 Å². The van der Waals surface area contributed by atoms with Gasteiger partial charge in [-0.25, -0.2) is 0 Å². The van der Waals surface area contributed by atoms with Crippen LogP contribution < -0.4 is 10.1 Å². The van der Waals surface area contributed by atoms with Crippen molar-refractivity contribution in [3.05, 3.63) is 65.7 Å². The number of para-hydroxylation sites is 1. The Bertz CT molecular complexity index is 829. The zero-order chi connectivity index (χ0) is 19.3. The van der Waals surface area contributed by atoms with Crippen molar-refractivity contribution in [1.29, 1.82) is 0 Å². The van der Waals surface area contributed by atoms with Crippen LogP contribution in [0.3, 0.4) is 0 Å². The highest BCUT2D eigenvalue weighted by Gasteiger charge is 2.38. The molecule has 2 aromatic rings. The molecule has 2 aliphatic rings. The van der Waals surface area contributed by atoms with E-state index in [9.17, 15) is 5.11 Å². The maximum Gasteiger partial charge on any atom is 0.120 e. The minimum Gasteiger partial charge on any atom is -0.508 e. The van der Waals surface area contributed by atoms with E-state index in [0.717, 1.165) is 36.4 Å². The molecule has 3 nitrogen and oxygen atoms in total. The van der Waals surface area contributed by atoms with Crippen molar-refractivity contribution in [2.45, 2.75) is 57.4 Å². The molecule has 0 spiro atoms. The summed E-state index contributed by atoms with van der Waals surface area (Å²) in [5.41, 5.74) is 3.45. The molecule has 148 valence electrons. The van der Waals surface area contributed by atoms with Crippen molar-refractivity contribution in [2.75, 3.05) is 11.9 Å². The van der Waals surface area contributed by atoms with Crippen molar-refractivity contribution in [2.24, 2.45) is 5.92 Å². The maximum atomic E-state index is 10.4. The Labute approximate surface area is 168 Å². The van der Waals surface area contributed by atoms with Gasteiger partial charge in [-0.1, -0.05) is 63.0 Å². The first-order chi connectivity index (χ1) is 13.8. The fraction of sp³-hybridized carbons (Fsp3) is 0.440. The van der Waals surface area contributed by atoms with Crippen molar-refractivity contribution in [3.63, 3.8) is 0 Å². The normalized spacial score (nSPS) is 22.4. The molecule has 3 unspecified atom stereocenters. The lowest BCUT2D eigenvalue weighted by atomic mass is 9.77. The zero-order valence-corrected chi connectivity index (χ0v) is 16.7. The van der Waals surface area contributed by atoms with E-state index < -0.39 is 0 Å². The van der Waals surface area contributed by atoms with E-state index in [4.69, 9.17) is 4.74 Å². The van der Waals surface area contributed by atoms with Crippen LogP contribution in [0.5, 0.6) is 11.5 Å². The second kappa shape index (κ2) is 8.72. The smallest absolute Gasteiger partial charge is 0.120 e. The van der Waals surface area contributed by atoms with Gasteiger partial charge < -0.3 is 15.2 Å². The summed E-state index contributed by atoms with van der Waals surface area (Å²) in [6.07, 6.45) is 11.9. The summed E-state index contributed by atoms with van der Waals surface area (Å²) in [5, 5.41) is 14.1. The van der Waals surface area contributed by atoms with Crippen LogP contribution in [0.15, 0.2) is 54.6 Å². The molecule has 3 heteroatoms. The SMILES string of the molecule is CCCCCCCOc1ccc2c(c1)C1C=CCC1C(c1ccccc1O)N2. The van der Waals surface area contributed by atoms with Gasteiger partial charge in [0.25, 0.3) is 0 Å². The number of phenolic OH excluding ortho intramolecular Hbond substituents is 1. The number of rotatable bonds is 8. The lowest BCUT2D eigenvalue weighted by Crippen LogP contribution is -2.29. The van der Waals surface area contributed by atoms with Crippen LogP contribution in [0.25, 0.3) is 0 Å². The molecular formula is C25H31NO2. The second-order valence-corrected chi connectivity index (χ2v) is 8.05. The molecule has 28 heavy (non-hydrogen) atoms. The van der Waals surface area contributed by atoms with Gasteiger partial charge in [0.05, 0.1) is 12.6 Å². The number of hydrogen-bond acceptors (Lipinski definition) is 3. The molecule has 1 heterocycles. The van der Waals surface area contributed by atoms with E-state index in [1.165, 1.54) is 31.2 Å².